The number of benzene rings is 1. The molecule has 0 saturated carbocycles. The molecule has 1 aromatic rings. The van der Waals surface area contributed by atoms with E-state index in [1.54, 1.807) is 7.05 Å². The maximum Gasteiger partial charge on any atom is 0.227 e. The summed E-state index contributed by atoms with van der Waals surface area (Å²) >= 11 is 0. The molecule has 114 valence electrons. The van der Waals surface area contributed by atoms with Gasteiger partial charge in [-0.05, 0) is 51.1 Å². The summed E-state index contributed by atoms with van der Waals surface area (Å²) in [7, 11) is 1.63. The molecule has 0 bridgehead atoms. The van der Waals surface area contributed by atoms with Crippen LogP contribution in [0.25, 0.3) is 0 Å². The van der Waals surface area contributed by atoms with Crippen LogP contribution in [0.1, 0.15) is 30.6 Å². The van der Waals surface area contributed by atoms with Crippen molar-refractivity contribution in [2.24, 2.45) is 5.41 Å². The molecule has 0 spiro atoms. The van der Waals surface area contributed by atoms with Gasteiger partial charge in [0.05, 0.1) is 11.5 Å². The summed E-state index contributed by atoms with van der Waals surface area (Å²) in [6, 6.07) is 5.27. The molecule has 1 heterocycles. The third-order valence-electron chi connectivity index (χ3n) is 4.33. The van der Waals surface area contributed by atoms with Crippen molar-refractivity contribution in [1.82, 2.24) is 10.2 Å². The van der Waals surface area contributed by atoms with E-state index in [4.69, 9.17) is 0 Å². The van der Waals surface area contributed by atoms with Gasteiger partial charge in [-0.2, -0.15) is 0 Å². The Balaban J connectivity index is 2.07. The number of ketones is 1. The van der Waals surface area contributed by atoms with Crippen LogP contribution in [-0.4, -0.2) is 42.8 Å². The molecule has 1 amide bonds. The first kappa shape index (κ1) is 15.6. The highest BCUT2D eigenvalue weighted by atomic mass is 19.1. The van der Waals surface area contributed by atoms with Gasteiger partial charge in [0.15, 0.2) is 5.78 Å². The van der Waals surface area contributed by atoms with E-state index in [-0.39, 0.29) is 23.5 Å². The Bertz CT molecular complexity index is 544. The smallest absolute Gasteiger partial charge is 0.227 e. The first-order chi connectivity index (χ1) is 9.87. The lowest BCUT2D eigenvalue weighted by atomic mass is 9.89. The summed E-state index contributed by atoms with van der Waals surface area (Å²) in [6.45, 7) is 5.01. The minimum absolute atomic E-state index is 0.00595. The van der Waals surface area contributed by atoms with E-state index in [2.05, 4.69) is 5.32 Å². The van der Waals surface area contributed by atoms with E-state index >= 15 is 0 Å². The van der Waals surface area contributed by atoms with Crippen LogP contribution < -0.4 is 5.32 Å². The zero-order valence-electron chi connectivity index (χ0n) is 12.6. The molecule has 2 rings (SSSR count). The number of carbonyl (C=O) groups is 2. The fraction of sp³-hybridized carbons (Fsp3) is 0.500. The predicted octanol–water partition coefficient (Wildman–Crippen LogP) is 1.85. The Morgan fingerprint density at radius 3 is 2.52 bits per heavy atom. The van der Waals surface area contributed by atoms with Gasteiger partial charge in [-0.1, -0.05) is 0 Å². The number of likely N-dealkylation sites (tertiary alicyclic amines) is 1. The first-order valence-corrected chi connectivity index (χ1v) is 7.13. The summed E-state index contributed by atoms with van der Waals surface area (Å²) in [6.07, 6.45) is 0.730. The monoisotopic (exact) mass is 292 g/mol. The standard InChI is InChI=1S/C16H21FN2O2/c1-11(14(20)12-4-6-13(17)7-5-12)19-9-8-16(2,10-19)15(21)18-3/h4-7,11H,8-10H2,1-3H3,(H,18,21). The Kier molecular flexibility index (Phi) is 4.42. The molecule has 1 N–H and O–H groups in total. The lowest BCUT2D eigenvalue weighted by Gasteiger charge is -2.26. The number of nitrogens with zero attached hydrogens (tertiary/aromatic N) is 1. The van der Waals surface area contributed by atoms with Gasteiger partial charge in [0.1, 0.15) is 5.82 Å². The average molecular weight is 292 g/mol. The fourth-order valence-electron chi connectivity index (χ4n) is 2.84. The van der Waals surface area contributed by atoms with Gasteiger partial charge >= 0.3 is 0 Å². The van der Waals surface area contributed by atoms with Crippen molar-refractivity contribution < 1.29 is 14.0 Å². The summed E-state index contributed by atoms with van der Waals surface area (Å²) in [4.78, 5) is 26.4. The molecule has 0 aliphatic carbocycles. The second-order valence-corrected chi connectivity index (χ2v) is 5.91. The number of hydrogen-bond acceptors (Lipinski definition) is 3. The van der Waals surface area contributed by atoms with Crippen LogP contribution in [0, 0.1) is 11.2 Å². The van der Waals surface area contributed by atoms with Gasteiger partial charge < -0.3 is 5.32 Å². The zero-order valence-corrected chi connectivity index (χ0v) is 12.6. The van der Waals surface area contributed by atoms with Crippen LogP contribution in [0.2, 0.25) is 0 Å². The topological polar surface area (TPSA) is 49.4 Å². The number of nitrogens with one attached hydrogen (secondary N) is 1. The maximum absolute atomic E-state index is 12.9. The van der Waals surface area contributed by atoms with Crippen LogP contribution in [0.15, 0.2) is 24.3 Å². The van der Waals surface area contributed by atoms with E-state index in [1.165, 1.54) is 24.3 Å². The molecule has 2 unspecified atom stereocenters. The highest BCUT2D eigenvalue weighted by Crippen LogP contribution is 2.31. The number of Topliss-reactive ketones (excluding diaryl/α,β-unsaturated/α-hetero) is 1. The fourth-order valence-corrected chi connectivity index (χ4v) is 2.84. The summed E-state index contributed by atoms with van der Waals surface area (Å²) in [5, 5.41) is 2.68. The van der Waals surface area contributed by atoms with Crippen LogP contribution in [0.3, 0.4) is 0 Å². The maximum atomic E-state index is 12.9. The summed E-state index contributed by atoms with van der Waals surface area (Å²) < 4.78 is 12.9. The van der Waals surface area contributed by atoms with Crippen molar-refractivity contribution in [3.05, 3.63) is 35.6 Å². The lowest BCUT2D eigenvalue weighted by molar-refractivity contribution is -0.129. The largest absolute Gasteiger partial charge is 0.359 e. The molecule has 1 saturated heterocycles. The Labute approximate surface area is 124 Å². The zero-order chi connectivity index (χ0) is 15.6. The number of amides is 1. The van der Waals surface area contributed by atoms with Gasteiger partial charge in [-0.3, -0.25) is 14.5 Å². The van der Waals surface area contributed by atoms with Crippen LogP contribution >= 0.6 is 0 Å². The second-order valence-electron chi connectivity index (χ2n) is 5.91. The van der Waals surface area contributed by atoms with E-state index in [1.807, 2.05) is 18.7 Å². The third-order valence-corrected chi connectivity index (χ3v) is 4.33. The highest BCUT2D eigenvalue weighted by Gasteiger charge is 2.42. The molecule has 5 heteroatoms. The average Bonchev–Trinajstić information content (AvgIpc) is 2.89. The Morgan fingerprint density at radius 1 is 1.33 bits per heavy atom. The number of carbonyl (C=O) groups excluding carboxylic acids is 2. The van der Waals surface area contributed by atoms with Gasteiger partial charge in [0, 0.05) is 19.2 Å². The van der Waals surface area contributed by atoms with Crippen molar-refractivity contribution in [2.45, 2.75) is 26.3 Å². The summed E-state index contributed by atoms with van der Waals surface area (Å²) in [5.41, 5.74) is 0.0453. The van der Waals surface area contributed by atoms with Gasteiger partial charge in [0.25, 0.3) is 0 Å². The molecule has 1 aromatic carbocycles. The van der Waals surface area contributed by atoms with Crippen molar-refractivity contribution in [1.29, 1.82) is 0 Å². The second kappa shape index (κ2) is 5.93. The van der Waals surface area contributed by atoms with E-state index in [9.17, 15) is 14.0 Å². The SMILES string of the molecule is CNC(=O)C1(C)CCN(C(C)C(=O)c2ccc(F)cc2)C1. The van der Waals surface area contributed by atoms with E-state index < -0.39 is 5.41 Å². The van der Waals surface area contributed by atoms with Crippen LogP contribution in [0.5, 0.6) is 0 Å². The minimum Gasteiger partial charge on any atom is -0.359 e. The number of hydrogen-bond donors (Lipinski definition) is 1. The highest BCUT2D eigenvalue weighted by molar-refractivity contribution is 5.99. The lowest BCUT2D eigenvalue weighted by Crippen LogP contribution is -2.43. The minimum atomic E-state index is -0.452. The molecule has 21 heavy (non-hydrogen) atoms. The molecular weight excluding hydrogens is 271 g/mol. The van der Waals surface area contributed by atoms with Crippen molar-refractivity contribution in [2.75, 3.05) is 20.1 Å². The van der Waals surface area contributed by atoms with Gasteiger partial charge in [-0.15, -0.1) is 0 Å². The molecule has 1 aliphatic rings. The Hall–Kier alpha value is -1.75. The van der Waals surface area contributed by atoms with E-state index in [0.29, 0.717) is 18.7 Å². The molecule has 1 fully saturated rings. The summed E-state index contributed by atoms with van der Waals surface area (Å²) in [5.74, 6) is -0.393. The van der Waals surface area contributed by atoms with Crippen LogP contribution in [0.4, 0.5) is 4.39 Å². The molecule has 2 atom stereocenters. The van der Waals surface area contributed by atoms with Gasteiger partial charge in [-0.25, -0.2) is 4.39 Å². The molecule has 0 aromatic heterocycles. The molecule has 1 aliphatic heterocycles. The molecular formula is C16H21FN2O2. The molecule has 0 radical (unpaired) electrons. The van der Waals surface area contributed by atoms with Crippen molar-refractivity contribution in [3.8, 4) is 0 Å². The van der Waals surface area contributed by atoms with Crippen molar-refractivity contribution in [3.63, 3.8) is 0 Å². The normalized spacial score (nSPS) is 23.8. The van der Waals surface area contributed by atoms with Gasteiger partial charge in [0.2, 0.25) is 5.91 Å². The van der Waals surface area contributed by atoms with E-state index in [0.717, 1.165) is 6.42 Å². The number of rotatable bonds is 4. The Morgan fingerprint density at radius 2 is 1.95 bits per heavy atom. The van der Waals surface area contributed by atoms with Crippen molar-refractivity contribution >= 4 is 11.7 Å². The molecule has 4 nitrogen and oxygen atoms in total. The third kappa shape index (κ3) is 3.13. The quantitative estimate of drug-likeness (QED) is 0.862. The first-order valence-electron chi connectivity index (χ1n) is 7.13. The predicted molar refractivity (Wildman–Crippen MR) is 78.6 cm³/mol. The van der Waals surface area contributed by atoms with Crippen LogP contribution in [-0.2, 0) is 4.79 Å². The number of halogens is 1.